The molecule has 0 aliphatic heterocycles. The lowest BCUT2D eigenvalue weighted by Gasteiger charge is -2.29. The second-order valence-corrected chi connectivity index (χ2v) is 7.57. The lowest BCUT2D eigenvalue weighted by atomic mass is 9.77. The largest absolute Gasteiger partial charge is 0.121 e. The van der Waals surface area contributed by atoms with Crippen LogP contribution >= 0.6 is 0 Å². The van der Waals surface area contributed by atoms with Crippen molar-refractivity contribution in [3.63, 3.8) is 0 Å². The average Bonchev–Trinajstić information content (AvgIpc) is 2.92. The van der Waals surface area contributed by atoms with Gasteiger partial charge in [0.1, 0.15) is 0 Å². The summed E-state index contributed by atoms with van der Waals surface area (Å²) in [5.41, 5.74) is 6.61. The molecule has 26 heavy (non-hydrogen) atoms. The quantitative estimate of drug-likeness (QED) is 0.401. The highest BCUT2D eigenvalue weighted by molar-refractivity contribution is 5.29. The van der Waals surface area contributed by atoms with Crippen LogP contribution in [0, 0.1) is 11.3 Å². The van der Waals surface area contributed by atoms with E-state index in [4.69, 9.17) is 0 Å². The van der Waals surface area contributed by atoms with Crippen LogP contribution in [0.2, 0.25) is 0 Å². The Hall–Kier alpha value is -1.52. The van der Waals surface area contributed by atoms with E-state index in [1.807, 2.05) is 39.8 Å². The fraction of sp³-hybridized carbons (Fsp3) is 0.577. The molecule has 0 radical (unpaired) electrons. The summed E-state index contributed by atoms with van der Waals surface area (Å²) in [4.78, 5) is 0. The van der Waals surface area contributed by atoms with Crippen LogP contribution < -0.4 is 0 Å². The molecule has 0 saturated heterocycles. The van der Waals surface area contributed by atoms with E-state index >= 15 is 0 Å². The number of rotatable bonds is 7. The molecule has 0 aromatic carbocycles. The molecule has 2 aliphatic rings. The zero-order valence-electron chi connectivity index (χ0n) is 18.4. The molecule has 0 aromatic rings. The van der Waals surface area contributed by atoms with Gasteiger partial charge in [0.25, 0.3) is 0 Å². The van der Waals surface area contributed by atoms with E-state index in [1.165, 1.54) is 37.7 Å². The standard InChI is InChI=1S/C22H30.2C2H6/c1-19(17-21-13-7-4-5-8-14-21)18-22(2,3)16-15-20-11-9-6-10-12-20;2*1-2/h4,6-9,11,13-14,19H,10,12,15-18H2,1-3H3;2*1-2H3. The van der Waals surface area contributed by atoms with Crippen molar-refractivity contribution in [1.29, 1.82) is 0 Å². The van der Waals surface area contributed by atoms with E-state index in [1.54, 1.807) is 5.57 Å². The first kappa shape index (κ1) is 24.5. The molecule has 2 rings (SSSR count). The number of hydrogen-bond acceptors (Lipinski definition) is 0. The molecule has 0 heterocycles. The summed E-state index contributed by atoms with van der Waals surface area (Å²) in [5, 5.41) is 0. The Morgan fingerprint density at radius 3 is 2.42 bits per heavy atom. The maximum atomic E-state index is 3.13. The minimum Gasteiger partial charge on any atom is -0.121 e. The van der Waals surface area contributed by atoms with Gasteiger partial charge in [-0.1, -0.05) is 90.5 Å². The third-order valence-electron chi connectivity index (χ3n) is 4.60. The lowest BCUT2D eigenvalue weighted by molar-refractivity contribution is 0.255. The summed E-state index contributed by atoms with van der Waals surface area (Å²) < 4.78 is 0. The molecular formula is C26H42. The van der Waals surface area contributed by atoms with Gasteiger partial charge in [-0.25, -0.2) is 0 Å². The molecule has 146 valence electrons. The second-order valence-electron chi connectivity index (χ2n) is 7.57. The van der Waals surface area contributed by atoms with Crippen LogP contribution in [0.5, 0.6) is 0 Å². The number of allylic oxidation sites excluding steroid dienone is 9. The van der Waals surface area contributed by atoms with E-state index in [2.05, 4.69) is 63.0 Å². The van der Waals surface area contributed by atoms with Crippen LogP contribution in [0.15, 0.2) is 65.5 Å². The van der Waals surface area contributed by atoms with Crippen LogP contribution in [0.4, 0.5) is 0 Å². The molecule has 0 aromatic heterocycles. The number of hydrogen-bond donors (Lipinski definition) is 0. The van der Waals surface area contributed by atoms with Crippen LogP contribution in [0.3, 0.4) is 0 Å². The third-order valence-corrected chi connectivity index (χ3v) is 4.60. The summed E-state index contributed by atoms with van der Waals surface area (Å²) in [7, 11) is 0. The van der Waals surface area contributed by atoms with Gasteiger partial charge >= 0.3 is 0 Å². The Kier molecular flexibility index (Phi) is 13.8. The smallest absolute Gasteiger partial charge is 0.0197 e. The second kappa shape index (κ2) is 14.6. The van der Waals surface area contributed by atoms with E-state index in [0.29, 0.717) is 5.41 Å². The summed E-state index contributed by atoms with van der Waals surface area (Å²) >= 11 is 0. The summed E-state index contributed by atoms with van der Waals surface area (Å²) in [5.74, 6) is 0.720. The van der Waals surface area contributed by atoms with Gasteiger partial charge in [-0.15, -0.1) is 5.73 Å². The molecule has 0 heteroatoms. The lowest BCUT2D eigenvalue weighted by Crippen LogP contribution is -2.16. The van der Waals surface area contributed by atoms with Crippen LogP contribution in [-0.4, -0.2) is 0 Å². The van der Waals surface area contributed by atoms with Crippen LogP contribution in [0.25, 0.3) is 0 Å². The molecule has 0 amide bonds. The zero-order valence-corrected chi connectivity index (χ0v) is 18.4. The first-order valence-electron chi connectivity index (χ1n) is 10.7. The van der Waals surface area contributed by atoms with Crippen molar-refractivity contribution in [3.05, 3.63) is 65.5 Å². The van der Waals surface area contributed by atoms with Crippen molar-refractivity contribution in [2.24, 2.45) is 11.3 Å². The van der Waals surface area contributed by atoms with E-state index in [9.17, 15) is 0 Å². The van der Waals surface area contributed by atoms with Crippen molar-refractivity contribution in [3.8, 4) is 0 Å². The minimum absolute atomic E-state index is 0.421. The minimum atomic E-state index is 0.421. The molecule has 0 nitrogen and oxygen atoms in total. The SMILES string of the molecule is CC.CC.CC(CC1=CC=C=CC=C1)CC(C)(C)CCC1=CC=CCC1. The van der Waals surface area contributed by atoms with Crippen molar-refractivity contribution in [2.45, 2.75) is 87.0 Å². The average molecular weight is 355 g/mol. The fourth-order valence-electron chi connectivity index (χ4n) is 3.51. The molecular weight excluding hydrogens is 312 g/mol. The molecule has 1 unspecified atom stereocenters. The molecule has 0 spiro atoms. The Bertz CT molecular complexity index is 543. The first-order chi connectivity index (χ1) is 12.6. The monoisotopic (exact) mass is 354 g/mol. The Morgan fingerprint density at radius 2 is 1.77 bits per heavy atom. The zero-order chi connectivity index (χ0) is 19.8. The molecule has 0 N–H and O–H groups in total. The fourth-order valence-corrected chi connectivity index (χ4v) is 3.51. The first-order valence-corrected chi connectivity index (χ1v) is 10.7. The Morgan fingerprint density at radius 1 is 1.04 bits per heavy atom. The predicted molar refractivity (Wildman–Crippen MR) is 120 cm³/mol. The van der Waals surface area contributed by atoms with Gasteiger partial charge in [-0.2, -0.15) is 0 Å². The highest BCUT2D eigenvalue weighted by Crippen LogP contribution is 2.35. The topological polar surface area (TPSA) is 0 Å². The molecule has 2 aliphatic carbocycles. The highest BCUT2D eigenvalue weighted by Gasteiger charge is 2.21. The van der Waals surface area contributed by atoms with E-state index in [0.717, 1.165) is 12.3 Å². The summed E-state index contributed by atoms with van der Waals surface area (Å²) in [6.45, 7) is 15.3. The molecule has 0 bridgehead atoms. The third kappa shape index (κ3) is 11.2. The van der Waals surface area contributed by atoms with Crippen LogP contribution in [-0.2, 0) is 0 Å². The maximum Gasteiger partial charge on any atom is -0.0197 e. The Labute approximate surface area is 164 Å². The van der Waals surface area contributed by atoms with Gasteiger partial charge in [0.2, 0.25) is 0 Å². The van der Waals surface area contributed by atoms with Crippen molar-refractivity contribution >= 4 is 0 Å². The van der Waals surface area contributed by atoms with Crippen molar-refractivity contribution in [1.82, 2.24) is 0 Å². The van der Waals surface area contributed by atoms with Gasteiger partial charge in [-0.05, 0) is 67.6 Å². The van der Waals surface area contributed by atoms with E-state index < -0.39 is 0 Å². The molecule has 0 saturated carbocycles. The van der Waals surface area contributed by atoms with Gasteiger partial charge in [0.05, 0.1) is 0 Å². The van der Waals surface area contributed by atoms with Crippen molar-refractivity contribution in [2.75, 3.05) is 0 Å². The van der Waals surface area contributed by atoms with Gasteiger partial charge in [0, 0.05) is 0 Å². The molecule has 0 fully saturated rings. The maximum absolute atomic E-state index is 3.13. The summed E-state index contributed by atoms with van der Waals surface area (Å²) in [6.07, 6.45) is 24.8. The predicted octanol–water partition coefficient (Wildman–Crippen LogP) is 8.75. The van der Waals surface area contributed by atoms with Crippen LogP contribution in [0.1, 0.15) is 87.0 Å². The Balaban J connectivity index is 0.00000146. The highest BCUT2D eigenvalue weighted by atomic mass is 14.3. The van der Waals surface area contributed by atoms with Crippen molar-refractivity contribution < 1.29 is 0 Å². The van der Waals surface area contributed by atoms with Gasteiger partial charge < -0.3 is 0 Å². The normalized spacial score (nSPS) is 16.4. The molecule has 1 atom stereocenters. The van der Waals surface area contributed by atoms with Gasteiger partial charge in [0.15, 0.2) is 0 Å². The van der Waals surface area contributed by atoms with Gasteiger partial charge in [-0.3, -0.25) is 0 Å². The summed E-state index contributed by atoms with van der Waals surface area (Å²) in [6, 6.07) is 0. The van der Waals surface area contributed by atoms with E-state index in [-0.39, 0.29) is 0 Å².